The monoisotopic (exact) mass is 2630 g/mol. The van der Waals surface area contributed by atoms with Gasteiger partial charge in [-0.05, 0) is 66.7 Å². The van der Waals surface area contributed by atoms with Crippen LogP contribution in [0.3, 0.4) is 0 Å². The number of nitrogens with one attached hydrogen (secondary N) is 20. The molecule has 0 radical (unpaired) electrons. The van der Waals surface area contributed by atoms with Crippen molar-refractivity contribution in [2.75, 3.05) is 117 Å². The van der Waals surface area contributed by atoms with Gasteiger partial charge in [-0.25, -0.2) is 9.97 Å². The largest absolute Gasteiger partial charge is 0.508 e. The molecule has 2 aliphatic heterocycles. The number of carbonyl (C=O) groups excluding carboxylic acids is 19. The Bertz CT molecular complexity index is 4740. The van der Waals surface area contributed by atoms with Crippen LogP contribution in [-0.2, 0) is 122 Å². The van der Waals surface area contributed by atoms with Crippen LogP contribution in [-0.4, -0.2) is 340 Å². The summed E-state index contributed by atoms with van der Waals surface area (Å²) in [5.41, 5.74) is 1.70. The molecule has 12 atom stereocenters. The molecule has 2 aliphatic rings. The van der Waals surface area contributed by atoms with Crippen molar-refractivity contribution >= 4 is 140 Å². The number of H-pyrrole nitrogens is 2. The van der Waals surface area contributed by atoms with Crippen molar-refractivity contribution in [3.63, 3.8) is 0 Å². The first-order valence-electron chi connectivity index (χ1n) is 45.9. The van der Waals surface area contributed by atoms with E-state index in [0.717, 1.165) is 28.0 Å². The Kier molecular flexibility index (Phi) is 67.4. The van der Waals surface area contributed by atoms with E-state index in [4.69, 9.17) is 0 Å². The van der Waals surface area contributed by atoms with E-state index in [0.29, 0.717) is 55.1 Å². The number of carboxylic acids is 1. The first-order chi connectivity index (χ1) is 66.5. The van der Waals surface area contributed by atoms with Gasteiger partial charge in [0, 0.05) is 306 Å². The number of phenols is 1. The van der Waals surface area contributed by atoms with E-state index in [1.54, 1.807) is 54.0 Å². The van der Waals surface area contributed by atoms with Crippen molar-refractivity contribution in [2.45, 2.75) is 173 Å². The third-order valence-corrected chi connectivity index (χ3v) is 24.5. The van der Waals surface area contributed by atoms with Gasteiger partial charge in [-0.2, -0.15) is 0 Å². The topological polar surface area (TPSA) is 665 Å². The van der Waals surface area contributed by atoms with Crippen molar-refractivity contribution in [1.82, 2.24) is 130 Å². The average Bonchev–Trinajstić information content (AvgIpc) is 1.64. The SMILES string of the molecule is [CH2-]C(=O)NCCN(CCNC([CH2-])=O)CC(=O)NCC(=O)NCC(=O)N[C@@H](Cc1ccccc1)C(=O)N[C@@H](Cc1cnc[nH]1)C(=O)N[C@H]1CSSC[C@@H](C(=O)N[C@@H](Cc2cnc[nH]2)C(=O)NC)NC(=O)[C@H](CC(C)C)NC(=O)[C@H](CC(=O)O)NC(=O)[C@H](Cc2ccc(O)cc2)NC(=O)C2CCCN2C1=O.[CH2-]C(=O)NCCN(CCNC([CH2-])=O)CC(=O)NCCNC(=O)[C@H](CC(C)C)NC(=O)[C@@H](C)C(C)CC.[Gd].[Gd].[Gd].[Gd]. The average molecular weight is 2620 g/mol. The number of aromatic nitrogens is 4. The van der Waals surface area contributed by atoms with Gasteiger partial charge in [0.05, 0.1) is 68.9 Å². The first kappa shape index (κ1) is 133. The second kappa shape index (κ2) is 72.7. The number of aromatic hydroxyl groups is 1. The van der Waals surface area contributed by atoms with Gasteiger partial charge in [0.15, 0.2) is 0 Å². The molecular weight excluding hydrogens is 2490 g/mol. The number of rotatable bonds is 50. The van der Waals surface area contributed by atoms with Gasteiger partial charge < -0.3 is 168 Å². The van der Waals surface area contributed by atoms with Gasteiger partial charge >= 0.3 is 5.97 Å². The van der Waals surface area contributed by atoms with Crippen LogP contribution in [0.2, 0.25) is 0 Å². The maximum Gasteiger partial charge on any atom is 0.305 e. The number of nitrogens with zero attached hydrogens (tertiary/aromatic N) is 5. The molecule has 0 aliphatic carbocycles. The second-order valence-electron chi connectivity index (χ2n) is 34.3. The molecule has 144 heavy (non-hydrogen) atoms. The molecule has 47 nitrogen and oxygen atoms in total. The van der Waals surface area contributed by atoms with Crippen LogP contribution >= 0.6 is 21.6 Å². The molecule has 2 aromatic carbocycles. The van der Waals surface area contributed by atoms with Crippen LogP contribution in [0.1, 0.15) is 110 Å². The summed E-state index contributed by atoms with van der Waals surface area (Å²) < 4.78 is 0. The number of imidazole rings is 2. The molecule has 0 bridgehead atoms. The maximum atomic E-state index is 15.4. The van der Waals surface area contributed by atoms with Gasteiger partial charge in [0.2, 0.25) is 88.6 Å². The van der Waals surface area contributed by atoms with Crippen LogP contribution in [0.4, 0.5) is 0 Å². The molecule has 4 heterocycles. The van der Waals surface area contributed by atoms with Crippen LogP contribution in [0.5, 0.6) is 5.75 Å². The molecule has 4 aromatic rings. The van der Waals surface area contributed by atoms with E-state index in [2.05, 4.69) is 143 Å². The maximum absolute atomic E-state index is 15.4. The zero-order valence-electron chi connectivity index (χ0n) is 81.5. The minimum atomic E-state index is -1.88. The number of hydrogen-bond donors (Lipinski definition) is 22. The summed E-state index contributed by atoms with van der Waals surface area (Å²) >= 11 is 0. The van der Waals surface area contributed by atoms with E-state index < -0.39 is 180 Å². The Hall–Kier alpha value is -8.54. The number of hydrogen-bond acceptors (Lipinski definition) is 27. The Balaban J connectivity index is 0.00000220. The predicted octanol–water partition coefficient (Wildman–Crippen LogP) is -5.29. The Labute approximate surface area is 973 Å². The fourth-order valence-electron chi connectivity index (χ4n) is 14.3. The van der Waals surface area contributed by atoms with Crippen LogP contribution in [0.25, 0.3) is 0 Å². The summed E-state index contributed by atoms with van der Waals surface area (Å²) in [5.74, 6) is -15.5. The standard InChI is InChI=1S/C66H89N19O17S2.C25H46N6O5.4Gd/c1-37(2)22-45-59(95)82-51(64(100)78-48(58(94)67-5)25-42-28-68-35-74-42)33-103-104-34-52(66(102)85-19-9-12-53(85)65(101)81-47(24-41-13-15-44(88)16-14-41)61(97)80-50(27-57(92)93)63(99)77-45)83-62(98)49(26-43-29-69-36-75-43)79-60(96)46(23-40-10-7-6-8-11-40)76-55(90)31-72-54(89)30-73-56(91)32-84(20-17-70-38(3)86)21-18-71-39(4)87;1-8-18(4)19(5)24(35)30-22(15-17(2)3)25(36)29-10-9-28-23(34)16-31(13-11-26-20(6)32)14-12-27-21(7)33;;;;/h6-8,10-11,13-16,28-29,35-37,45-53,88H,3-4,9,12,17-27,30-34H2,1-2,5H3,(H,67,94)(H,68,74)(H,69,75)(H,70,86)(H,71,87)(H,72,89)(H,73,91)(H,76,90)(H,77,99)(H,78,100)(H,79,96)(H,80,97)(H,81,101)(H,82,95)(H,83,98)(H,92,93);17-19,22H,6-16H2,1-5H3,(H,26,32)(H,27,33)(H,28,34)(H,29,36)(H,30,35);;;;/q2*-2;;;;/t45-,46-,47-,48-,49-,50-,51-,52-,53?;18?,19-,22-;;;;/m00..../s1. The predicted molar refractivity (Wildman–Crippen MR) is 516 cm³/mol. The first-order valence-corrected chi connectivity index (χ1v) is 48.4. The molecule has 2 fully saturated rings. The van der Waals surface area contributed by atoms with Crippen LogP contribution in [0, 0.1) is 211 Å². The zero-order valence-corrected chi connectivity index (χ0v) is 92.2. The fourth-order valence-corrected chi connectivity index (χ4v) is 16.6. The van der Waals surface area contributed by atoms with Gasteiger partial charge in [-0.15, -0.1) is 0 Å². The Morgan fingerprint density at radius 3 is 1.50 bits per heavy atom. The fraction of sp³-hybridized carbons (Fsp3) is 0.538. The van der Waals surface area contributed by atoms with Gasteiger partial charge in [-0.3, -0.25) is 86.5 Å². The molecule has 804 valence electrons. The van der Waals surface area contributed by atoms with E-state index in [-0.39, 0.29) is 322 Å². The van der Waals surface area contributed by atoms with Crippen molar-refractivity contribution in [3.05, 3.63) is 130 Å². The van der Waals surface area contributed by atoms with E-state index in [1.165, 1.54) is 61.3 Å². The minimum Gasteiger partial charge on any atom is -0.508 e. The number of phenolic OH excluding ortho intramolecular Hbond substituents is 1. The van der Waals surface area contributed by atoms with Gasteiger partial charge in [0.25, 0.3) is 0 Å². The van der Waals surface area contributed by atoms with Crippen LogP contribution < -0.4 is 95.7 Å². The summed E-state index contributed by atoms with van der Waals surface area (Å²) in [7, 11) is 3.22. The summed E-state index contributed by atoms with van der Waals surface area (Å²) in [5, 5.41) is 67.1. The van der Waals surface area contributed by atoms with E-state index in [9.17, 15) is 96.5 Å². The second-order valence-corrected chi connectivity index (χ2v) is 36.8. The Morgan fingerprint density at radius 2 is 0.986 bits per heavy atom. The molecule has 2 unspecified atom stereocenters. The van der Waals surface area contributed by atoms with Crippen molar-refractivity contribution in [1.29, 1.82) is 0 Å². The van der Waals surface area contributed by atoms with Crippen molar-refractivity contribution in [2.24, 2.45) is 23.7 Å². The normalized spacial score (nSPS) is 17.2. The molecular formula is C91H135Gd4N25O22S2-4. The molecule has 2 saturated heterocycles. The quantitative estimate of drug-likeness (QED) is 0.0112. The van der Waals surface area contributed by atoms with Gasteiger partial charge in [0.1, 0.15) is 66.2 Å². The smallest absolute Gasteiger partial charge is 0.305 e. The summed E-state index contributed by atoms with van der Waals surface area (Å²) in [6.45, 7) is 27.2. The molecule has 2 aromatic heterocycles. The molecule has 19 amide bonds. The Morgan fingerprint density at radius 1 is 0.500 bits per heavy atom. The van der Waals surface area contributed by atoms with E-state index >= 15 is 9.59 Å². The third kappa shape index (κ3) is 53.4. The van der Waals surface area contributed by atoms with Crippen LogP contribution in [0.15, 0.2) is 79.6 Å². The number of carboxylic acid groups (broad SMARTS) is 1. The number of aromatic amines is 2. The summed E-state index contributed by atoms with van der Waals surface area (Å²) in [6, 6.07) is -0.324. The number of fused-ring (bicyclic) bond motifs is 1. The molecule has 53 heteroatoms. The summed E-state index contributed by atoms with van der Waals surface area (Å²) in [6.07, 6.45) is 5.17. The minimum absolute atomic E-state index is 0. The number of likely N-dealkylation sites (N-methyl/N-ethyl adjacent to an activating group) is 1. The molecule has 0 spiro atoms. The third-order valence-electron chi connectivity index (χ3n) is 22.0. The zero-order chi connectivity index (χ0) is 104. The number of aliphatic carboxylic acids is 1. The number of benzene rings is 2. The molecule has 6 rings (SSSR count). The summed E-state index contributed by atoms with van der Waals surface area (Å²) in [4.78, 5) is 284. The molecule has 22 N–H and O–H groups in total. The number of amides is 19. The van der Waals surface area contributed by atoms with E-state index in [1.807, 2.05) is 34.6 Å². The number of carbonyl (C=O) groups is 20. The van der Waals surface area contributed by atoms with Gasteiger partial charge in [-0.1, -0.05) is 119 Å². The molecule has 0 saturated carbocycles. The van der Waals surface area contributed by atoms with Crippen molar-refractivity contribution in [3.8, 4) is 5.75 Å². The van der Waals surface area contributed by atoms with Crippen molar-refractivity contribution < 1.29 is 266 Å².